The van der Waals surface area contributed by atoms with Gasteiger partial charge in [-0.1, -0.05) is 0 Å². The third-order valence-corrected chi connectivity index (χ3v) is 2.44. The predicted octanol–water partition coefficient (Wildman–Crippen LogP) is 1.98. The Morgan fingerprint density at radius 1 is 1.47 bits per heavy atom. The van der Waals surface area contributed by atoms with Crippen LogP contribution in [0.25, 0.3) is 0 Å². The standard InChI is InChI=1S/C12H13N3O2/c1-8-5-10(17-2)3-4-11(8)15-12(16)9-6-13-14-7-9/h3-7H,1-2H3,(H,13,14)(H,15,16). The molecule has 0 bridgehead atoms. The largest absolute Gasteiger partial charge is 0.497 e. The molecule has 0 saturated carbocycles. The number of nitrogens with one attached hydrogen (secondary N) is 2. The highest BCUT2D eigenvalue weighted by Gasteiger charge is 2.08. The van der Waals surface area contributed by atoms with Gasteiger partial charge in [-0.15, -0.1) is 0 Å². The molecule has 0 saturated heterocycles. The van der Waals surface area contributed by atoms with E-state index in [9.17, 15) is 4.79 Å². The van der Waals surface area contributed by atoms with E-state index in [2.05, 4.69) is 15.5 Å². The van der Waals surface area contributed by atoms with Gasteiger partial charge in [0.05, 0.1) is 18.9 Å². The number of amides is 1. The molecule has 2 rings (SSSR count). The van der Waals surface area contributed by atoms with Crippen LogP contribution in [0.15, 0.2) is 30.6 Å². The molecule has 0 aliphatic carbocycles. The molecule has 0 radical (unpaired) electrons. The highest BCUT2D eigenvalue weighted by molar-refractivity contribution is 6.04. The zero-order valence-electron chi connectivity index (χ0n) is 9.65. The summed E-state index contributed by atoms with van der Waals surface area (Å²) in [4.78, 5) is 11.8. The lowest BCUT2D eigenvalue weighted by Crippen LogP contribution is -2.11. The summed E-state index contributed by atoms with van der Waals surface area (Å²) in [5, 5.41) is 9.14. The van der Waals surface area contributed by atoms with Gasteiger partial charge in [0.25, 0.3) is 5.91 Å². The number of hydrogen-bond donors (Lipinski definition) is 2. The number of rotatable bonds is 3. The second-order valence-corrected chi connectivity index (χ2v) is 3.62. The van der Waals surface area contributed by atoms with E-state index in [1.807, 2.05) is 19.1 Å². The van der Waals surface area contributed by atoms with Crippen LogP contribution in [0, 0.1) is 6.92 Å². The molecular weight excluding hydrogens is 218 g/mol. The molecule has 0 aliphatic heterocycles. The second kappa shape index (κ2) is 4.69. The Hall–Kier alpha value is -2.30. The summed E-state index contributed by atoms with van der Waals surface area (Å²) in [6, 6.07) is 5.48. The molecule has 17 heavy (non-hydrogen) atoms. The smallest absolute Gasteiger partial charge is 0.258 e. The zero-order chi connectivity index (χ0) is 12.3. The maximum atomic E-state index is 11.8. The summed E-state index contributed by atoms with van der Waals surface area (Å²) < 4.78 is 5.10. The lowest BCUT2D eigenvalue weighted by molar-refractivity contribution is 0.102. The van der Waals surface area contributed by atoms with E-state index >= 15 is 0 Å². The van der Waals surface area contributed by atoms with Crippen LogP contribution < -0.4 is 10.1 Å². The van der Waals surface area contributed by atoms with E-state index < -0.39 is 0 Å². The molecule has 1 aromatic carbocycles. The molecule has 2 aromatic rings. The summed E-state index contributed by atoms with van der Waals surface area (Å²) in [7, 11) is 1.61. The predicted molar refractivity (Wildman–Crippen MR) is 64.3 cm³/mol. The number of carbonyl (C=O) groups is 1. The van der Waals surface area contributed by atoms with Crippen LogP contribution in [0.1, 0.15) is 15.9 Å². The Balaban J connectivity index is 2.16. The van der Waals surface area contributed by atoms with E-state index in [0.29, 0.717) is 5.56 Å². The first-order valence-corrected chi connectivity index (χ1v) is 5.15. The van der Waals surface area contributed by atoms with Crippen molar-refractivity contribution < 1.29 is 9.53 Å². The lowest BCUT2D eigenvalue weighted by Gasteiger charge is -2.08. The van der Waals surface area contributed by atoms with Gasteiger partial charge in [-0.05, 0) is 30.7 Å². The first kappa shape index (κ1) is 11.2. The molecule has 1 aromatic heterocycles. The fraction of sp³-hybridized carbons (Fsp3) is 0.167. The maximum Gasteiger partial charge on any atom is 0.258 e. The molecule has 5 nitrogen and oxygen atoms in total. The number of anilines is 1. The van der Waals surface area contributed by atoms with Crippen LogP contribution in [-0.2, 0) is 0 Å². The quantitative estimate of drug-likeness (QED) is 0.848. The van der Waals surface area contributed by atoms with E-state index in [1.165, 1.54) is 6.20 Å². The van der Waals surface area contributed by atoms with E-state index in [-0.39, 0.29) is 5.91 Å². The number of ether oxygens (including phenoxy) is 1. The van der Waals surface area contributed by atoms with Crippen molar-refractivity contribution in [1.29, 1.82) is 0 Å². The molecule has 2 N–H and O–H groups in total. The minimum Gasteiger partial charge on any atom is -0.497 e. The monoisotopic (exact) mass is 231 g/mol. The van der Waals surface area contributed by atoms with Crippen molar-refractivity contribution >= 4 is 11.6 Å². The van der Waals surface area contributed by atoms with Crippen LogP contribution >= 0.6 is 0 Å². The van der Waals surface area contributed by atoms with Gasteiger partial charge in [-0.2, -0.15) is 5.10 Å². The van der Waals surface area contributed by atoms with Crippen LogP contribution in [0.4, 0.5) is 5.69 Å². The number of aryl methyl sites for hydroxylation is 1. The number of carbonyl (C=O) groups excluding carboxylic acids is 1. The zero-order valence-corrected chi connectivity index (χ0v) is 9.65. The molecular formula is C12H13N3O2. The Morgan fingerprint density at radius 2 is 2.29 bits per heavy atom. The molecule has 1 amide bonds. The normalized spacial score (nSPS) is 10.0. The third-order valence-electron chi connectivity index (χ3n) is 2.44. The average Bonchev–Trinajstić information content (AvgIpc) is 2.85. The molecule has 0 fully saturated rings. The summed E-state index contributed by atoms with van der Waals surface area (Å²) in [5.41, 5.74) is 2.21. The van der Waals surface area contributed by atoms with Gasteiger partial charge >= 0.3 is 0 Å². The lowest BCUT2D eigenvalue weighted by atomic mass is 10.2. The van der Waals surface area contributed by atoms with Gasteiger partial charge in [0.1, 0.15) is 5.75 Å². The molecule has 0 atom stereocenters. The summed E-state index contributed by atoms with van der Waals surface area (Å²) >= 11 is 0. The number of H-pyrrole nitrogens is 1. The van der Waals surface area contributed by atoms with Crippen molar-refractivity contribution in [3.8, 4) is 5.75 Å². The van der Waals surface area contributed by atoms with Gasteiger partial charge in [0.15, 0.2) is 0 Å². The minimum atomic E-state index is -0.188. The van der Waals surface area contributed by atoms with Crippen LogP contribution in [0.3, 0.4) is 0 Å². The number of nitrogens with zero attached hydrogens (tertiary/aromatic N) is 1. The fourth-order valence-electron chi connectivity index (χ4n) is 1.47. The highest BCUT2D eigenvalue weighted by atomic mass is 16.5. The number of aromatic nitrogens is 2. The maximum absolute atomic E-state index is 11.8. The van der Waals surface area contributed by atoms with Gasteiger partial charge < -0.3 is 10.1 Å². The summed E-state index contributed by atoms with van der Waals surface area (Å²) in [6.45, 7) is 1.91. The Bertz CT molecular complexity index is 521. The highest BCUT2D eigenvalue weighted by Crippen LogP contribution is 2.21. The van der Waals surface area contributed by atoms with Crippen LogP contribution in [-0.4, -0.2) is 23.2 Å². The van der Waals surface area contributed by atoms with Crippen molar-refractivity contribution in [2.75, 3.05) is 12.4 Å². The molecule has 0 aliphatic rings. The van der Waals surface area contributed by atoms with E-state index in [0.717, 1.165) is 17.0 Å². The molecule has 5 heteroatoms. The van der Waals surface area contributed by atoms with Crippen molar-refractivity contribution in [2.24, 2.45) is 0 Å². The van der Waals surface area contributed by atoms with Gasteiger partial charge in [0, 0.05) is 11.9 Å². The van der Waals surface area contributed by atoms with Gasteiger partial charge in [-0.25, -0.2) is 0 Å². The minimum absolute atomic E-state index is 0.188. The van der Waals surface area contributed by atoms with Crippen LogP contribution in [0.5, 0.6) is 5.75 Å². The molecule has 88 valence electrons. The van der Waals surface area contributed by atoms with Crippen molar-refractivity contribution in [1.82, 2.24) is 10.2 Å². The number of methoxy groups -OCH3 is 1. The number of hydrogen-bond acceptors (Lipinski definition) is 3. The topological polar surface area (TPSA) is 67.0 Å². The SMILES string of the molecule is COc1ccc(NC(=O)c2cn[nH]c2)c(C)c1. The number of aromatic amines is 1. The van der Waals surface area contributed by atoms with E-state index in [4.69, 9.17) is 4.74 Å². The Labute approximate surface area is 98.8 Å². The Kier molecular flexibility index (Phi) is 3.09. The first-order chi connectivity index (χ1) is 8.20. The average molecular weight is 231 g/mol. The Morgan fingerprint density at radius 3 is 2.88 bits per heavy atom. The fourth-order valence-corrected chi connectivity index (χ4v) is 1.47. The number of benzene rings is 1. The van der Waals surface area contributed by atoms with Gasteiger partial charge in [0.2, 0.25) is 0 Å². The molecule has 0 spiro atoms. The summed E-state index contributed by atoms with van der Waals surface area (Å²) in [5.74, 6) is 0.579. The van der Waals surface area contributed by atoms with Crippen LogP contribution in [0.2, 0.25) is 0 Å². The molecule has 1 heterocycles. The van der Waals surface area contributed by atoms with Crippen molar-refractivity contribution in [3.63, 3.8) is 0 Å². The third kappa shape index (κ3) is 2.44. The summed E-state index contributed by atoms with van der Waals surface area (Å²) in [6.07, 6.45) is 3.03. The second-order valence-electron chi connectivity index (χ2n) is 3.62. The van der Waals surface area contributed by atoms with Gasteiger partial charge in [-0.3, -0.25) is 9.89 Å². The van der Waals surface area contributed by atoms with Crippen molar-refractivity contribution in [3.05, 3.63) is 41.7 Å². The van der Waals surface area contributed by atoms with Crippen molar-refractivity contribution in [2.45, 2.75) is 6.92 Å². The van der Waals surface area contributed by atoms with E-state index in [1.54, 1.807) is 19.4 Å². The first-order valence-electron chi connectivity index (χ1n) is 5.15. The molecule has 0 unspecified atom stereocenters.